The van der Waals surface area contributed by atoms with E-state index in [1.807, 2.05) is 48.2 Å². The maximum atomic E-state index is 14.0. The van der Waals surface area contributed by atoms with E-state index in [1.54, 1.807) is 11.1 Å². The summed E-state index contributed by atoms with van der Waals surface area (Å²) in [5.74, 6) is -0.159. The number of amides is 3. The first-order chi connectivity index (χ1) is 21.9. The van der Waals surface area contributed by atoms with E-state index in [9.17, 15) is 14.4 Å². The molecule has 45 heavy (non-hydrogen) atoms. The van der Waals surface area contributed by atoms with Gasteiger partial charge in [-0.25, -0.2) is 9.59 Å². The zero-order valence-corrected chi connectivity index (χ0v) is 25.7. The highest BCUT2D eigenvalue weighted by atomic mass is 16.6. The van der Waals surface area contributed by atoms with Gasteiger partial charge in [-0.15, -0.1) is 0 Å². The molecule has 0 radical (unpaired) electrons. The molecule has 238 valence electrons. The van der Waals surface area contributed by atoms with Crippen LogP contribution in [0.25, 0.3) is 10.9 Å². The van der Waals surface area contributed by atoms with Crippen molar-refractivity contribution >= 4 is 34.7 Å². The zero-order chi connectivity index (χ0) is 31.0. The predicted octanol–water partition coefficient (Wildman–Crippen LogP) is 3.37. The normalized spacial score (nSPS) is 21.2. The van der Waals surface area contributed by atoms with Crippen LogP contribution >= 0.6 is 0 Å². The molecule has 12 heteroatoms. The van der Waals surface area contributed by atoms with Crippen LogP contribution < -0.4 is 10.6 Å². The van der Waals surface area contributed by atoms with Crippen molar-refractivity contribution in [1.29, 1.82) is 0 Å². The monoisotopic (exact) mass is 615 g/mol. The third-order valence-corrected chi connectivity index (χ3v) is 9.97. The number of piperazine rings is 1. The van der Waals surface area contributed by atoms with Crippen molar-refractivity contribution < 1.29 is 23.9 Å². The summed E-state index contributed by atoms with van der Waals surface area (Å²) in [5.41, 5.74) is 3.74. The van der Waals surface area contributed by atoms with Crippen molar-refractivity contribution in [2.45, 2.75) is 56.8 Å². The van der Waals surface area contributed by atoms with Gasteiger partial charge in [0.2, 0.25) is 0 Å². The molecule has 0 saturated carbocycles. The van der Waals surface area contributed by atoms with Crippen LogP contribution in [-0.2, 0) is 26.3 Å². The first-order valence-electron chi connectivity index (χ1n) is 16.1. The zero-order valence-electron chi connectivity index (χ0n) is 25.7. The average Bonchev–Trinajstić information content (AvgIpc) is 3.54. The Kier molecular flexibility index (Phi) is 8.09. The van der Waals surface area contributed by atoms with Gasteiger partial charge >= 0.3 is 12.2 Å². The molecule has 0 aliphatic carbocycles. The number of rotatable bonds is 5. The Labute approximate surface area is 262 Å². The number of piperidine rings is 2. The maximum Gasteiger partial charge on any atom is 0.412 e. The number of H-pyrrole nitrogens is 1. The summed E-state index contributed by atoms with van der Waals surface area (Å²) >= 11 is 0. The molecule has 2 aromatic carbocycles. The number of fused-ring (bicyclic) bond motifs is 3. The summed E-state index contributed by atoms with van der Waals surface area (Å²) in [6.07, 6.45) is 3.22. The van der Waals surface area contributed by atoms with Crippen LogP contribution in [0.4, 0.5) is 15.3 Å². The molecule has 12 nitrogen and oxygen atoms in total. The summed E-state index contributed by atoms with van der Waals surface area (Å²) in [5, 5.41) is 14.3. The topological polar surface area (TPSA) is 132 Å². The fourth-order valence-corrected chi connectivity index (χ4v) is 7.48. The highest BCUT2D eigenvalue weighted by molar-refractivity contribution is 5.89. The highest BCUT2D eigenvalue weighted by Crippen LogP contribution is 2.43. The Morgan fingerprint density at radius 2 is 1.80 bits per heavy atom. The summed E-state index contributed by atoms with van der Waals surface area (Å²) in [6.45, 7) is 7.62. The van der Waals surface area contributed by atoms with E-state index in [4.69, 9.17) is 9.47 Å². The molecule has 3 amide bonds. The van der Waals surface area contributed by atoms with E-state index >= 15 is 0 Å². The molecule has 3 fully saturated rings. The minimum absolute atomic E-state index is 0.159. The lowest BCUT2D eigenvalue weighted by molar-refractivity contribution is -0.143. The predicted molar refractivity (Wildman–Crippen MR) is 168 cm³/mol. The van der Waals surface area contributed by atoms with E-state index in [1.165, 1.54) is 0 Å². The number of hydrogen-bond acceptors (Lipinski definition) is 8. The molecule has 7 rings (SSSR count). The molecule has 5 heterocycles. The van der Waals surface area contributed by atoms with Crippen molar-refractivity contribution in [3.63, 3.8) is 0 Å². The number of nitrogens with zero attached hydrogens (tertiary/aromatic N) is 4. The third-order valence-electron chi connectivity index (χ3n) is 9.97. The molecule has 3 saturated heterocycles. The number of anilines is 1. The Morgan fingerprint density at radius 1 is 1.04 bits per heavy atom. The number of para-hydroxylation sites is 1. The third kappa shape index (κ3) is 5.96. The van der Waals surface area contributed by atoms with Gasteiger partial charge in [0.25, 0.3) is 5.91 Å². The van der Waals surface area contributed by atoms with E-state index in [0.717, 1.165) is 72.3 Å². The van der Waals surface area contributed by atoms with E-state index < -0.39 is 23.9 Å². The van der Waals surface area contributed by atoms with Crippen LogP contribution in [0.3, 0.4) is 0 Å². The Morgan fingerprint density at radius 3 is 2.58 bits per heavy atom. The van der Waals surface area contributed by atoms with Crippen LogP contribution in [0, 0.1) is 6.92 Å². The first-order valence-corrected chi connectivity index (χ1v) is 16.1. The lowest BCUT2D eigenvalue weighted by Crippen LogP contribution is -2.56. The van der Waals surface area contributed by atoms with Gasteiger partial charge in [0.05, 0.1) is 17.4 Å². The molecule has 1 spiro atoms. The van der Waals surface area contributed by atoms with Gasteiger partial charge in [-0.3, -0.25) is 20.1 Å². The van der Waals surface area contributed by atoms with Crippen LogP contribution in [0.2, 0.25) is 0 Å². The number of ether oxygens (including phenoxy) is 2. The fourth-order valence-electron chi connectivity index (χ4n) is 7.48. The molecule has 3 N–H and O–H groups in total. The van der Waals surface area contributed by atoms with E-state index in [0.29, 0.717) is 45.1 Å². The molecule has 3 aromatic rings. The number of carbonyl (C=O) groups excluding carboxylic acids is 3. The van der Waals surface area contributed by atoms with Crippen molar-refractivity contribution in [3.8, 4) is 0 Å². The number of aromatic amines is 1. The maximum absolute atomic E-state index is 14.0. The smallest absolute Gasteiger partial charge is 0.412 e. The quantitative estimate of drug-likeness (QED) is 0.398. The van der Waals surface area contributed by atoms with Gasteiger partial charge < -0.3 is 24.6 Å². The van der Waals surface area contributed by atoms with Crippen molar-refractivity contribution in [2.75, 3.05) is 57.7 Å². The Bertz CT molecular complexity index is 1570. The second kappa shape index (κ2) is 12.3. The molecule has 4 aliphatic rings. The van der Waals surface area contributed by atoms with Gasteiger partial charge in [-0.05, 0) is 56.1 Å². The minimum atomic E-state index is -0.958. The van der Waals surface area contributed by atoms with Gasteiger partial charge in [-0.1, -0.05) is 24.3 Å². The second-order valence-corrected chi connectivity index (χ2v) is 12.7. The van der Waals surface area contributed by atoms with E-state index in [2.05, 4.69) is 25.7 Å². The van der Waals surface area contributed by atoms with Gasteiger partial charge in [0, 0.05) is 75.5 Å². The summed E-state index contributed by atoms with van der Waals surface area (Å²) in [6, 6.07) is 12.2. The van der Waals surface area contributed by atoms with E-state index in [-0.39, 0.29) is 12.3 Å². The largest absolute Gasteiger partial charge is 0.438 e. The lowest BCUT2D eigenvalue weighted by atomic mass is 9.82. The number of likely N-dealkylation sites (tertiary alicyclic amines) is 1. The number of carbonyl (C=O) groups is 3. The number of hydrogen-bond donors (Lipinski definition) is 3. The molecular formula is C33H41N7O5. The van der Waals surface area contributed by atoms with Crippen molar-refractivity contribution in [2.24, 2.45) is 0 Å². The SMILES string of the molecule is Cc1cc(C[C@@H](OC(=O)N2CCC3(CC2)OC(=O)Nc2ccccc23)C(=O)N2CCN(C3CCNCC3)CC2)cc2cn[nH]c12. The average molecular weight is 616 g/mol. The number of aromatic nitrogens is 2. The highest BCUT2D eigenvalue weighted by Gasteiger charge is 2.45. The summed E-state index contributed by atoms with van der Waals surface area (Å²) in [7, 11) is 0. The molecule has 1 aromatic heterocycles. The molecule has 4 aliphatic heterocycles. The standard InChI is InChI=1S/C33H41N7O5/c1-22-18-23(19-24-21-35-37-29(22)24)20-28(30(41)39-16-14-38(15-17-39)25-6-10-34-11-7-25)44-32(43)40-12-8-33(9-13-40)26-4-2-3-5-27(26)36-31(42)45-33/h2-5,18-19,21,25,28,34H,6-17,20H2,1H3,(H,35,37)(H,36,42)/t28-/m1/s1. The summed E-state index contributed by atoms with van der Waals surface area (Å²) < 4.78 is 11.9. The van der Waals surface area contributed by atoms with Crippen LogP contribution in [0.15, 0.2) is 42.6 Å². The number of nitrogens with one attached hydrogen (secondary N) is 3. The Hall–Kier alpha value is -4.16. The van der Waals surface area contributed by atoms with Crippen LogP contribution in [0.1, 0.15) is 42.4 Å². The number of benzene rings is 2. The summed E-state index contributed by atoms with van der Waals surface area (Å²) in [4.78, 5) is 46.0. The lowest BCUT2D eigenvalue weighted by Gasteiger charge is -2.44. The number of aryl methyl sites for hydroxylation is 1. The minimum Gasteiger partial charge on any atom is -0.438 e. The van der Waals surface area contributed by atoms with Crippen molar-refractivity contribution in [3.05, 3.63) is 59.3 Å². The fraction of sp³-hybridized carbons (Fsp3) is 0.515. The van der Waals surface area contributed by atoms with Gasteiger partial charge in [-0.2, -0.15) is 5.10 Å². The molecular weight excluding hydrogens is 574 g/mol. The molecule has 1 atom stereocenters. The van der Waals surface area contributed by atoms with Crippen molar-refractivity contribution in [1.82, 2.24) is 30.2 Å². The Balaban J connectivity index is 1.05. The first kappa shape index (κ1) is 29.5. The van der Waals surface area contributed by atoms with Crippen LogP contribution in [-0.4, -0.2) is 107 Å². The van der Waals surface area contributed by atoms with Crippen LogP contribution in [0.5, 0.6) is 0 Å². The van der Waals surface area contributed by atoms with Gasteiger partial charge in [0.15, 0.2) is 6.10 Å². The second-order valence-electron chi connectivity index (χ2n) is 12.7. The molecule has 0 unspecified atom stereocenters. The molecule has 0 bridgehead atoms. The van der Waals surface area contributed by atoms with Gasteiger partial charge in [0.1, 0.15) is 5.60 Å².